The summed E-state index contributed by atoms with van der Waals surface area (Å²) in [4.78, 5) is 28.2. The number of nitrogen functional groups attached to an aromatic ring is 1. The molecule has 1 fully saturated rings. The molecule has 9 nitrogen and oxygen atoms in total. The predicted octanol–water partition coefficient (Wildman–Crippen LogP) is 2.58. The number of anilines is 3. The molecule has 2 aliphatic rings. The van der Waals surface area contributed by atoms with Gasteiger partial charge in [0.15, 0.2) is 11.5 Å². The molecule has 5 rings (SSSR count). The van der Waals surface area contributed by atoms with E-state index in [2.05, 4.69) is 25.2 Å². The lowest BCUT2D eigenvalue weighted by Gasteiger charge is -2.30. The number of carbonyl (C=O) groups excluding carboxylic acids is 1. The lowest BCUT2D eigenvalue weighted by Crippen LogP contribution is -2.36. The van der Waals surface area contributed by atoms with Crippen LogP contribution < -0.4 is 16.0 Å². The Balaban J connectivity index is 1.43. The summed E-state index contributed by atoms with van der Waals surface area (Å²) in [6.45, 7) is 2.72. The molecular formula is C24H26N6O3. The van der Waals surface area contributed by atoms with Crippen LogP contribution in [0, 0.1) is 0 Å². The fourth-order valence-electron chi connectivity index (χ4n) is 4.38. The van der Waals surface area contributed by atoms with Crippen molar-refractivity contribution < 1.29 is 14.6 Å². The van der Waals surface area contributed by atoms with E-state index in [4.69, 9.17) is 10.5 Å². The number of carbonyl (C=O) groups is 1. The molecule has 3 aromatic rings. The third-order valence-electron chi connectivity index (χ3n) is 6.14. The zero-order valence-corrected chi connectivity index (χ0v) is 18.2. The first-order chi connectivity index (χ1) is 16.1. The van der Waals surface area contributed by atoms with Crippen LogP contribution in [0.3, 0.4) is 0 Å². The van der Waals surface area contributed by atoms with E-state index in [1.807, 2.05) is 24.3 Å². The molecule has 1 aromatic carbocycles. The number of hydrogen-bond acceptors (Lipinski definition) is 8. The van der Waals surface area contributed by atoms with Gasteiger partial charge in [-0.25, -0.2) is 9.97 Å². The summed E-state index contributed by atoms with van der Waals surface area (Å²) in [5, 5.41) is 13.3. The normalized spacial score (nSPS) is 18.0. The largest absolute Gasteiger partial charge is 0.388 e. The van der Waals surface area contributed by atoms with Crippen molar-refractivity contribution >= 4 is 23.1 Å². The quantitative estimate of drug-likeness (QED) is 0.558. The Bertz CT molecular complexity index is 1180. The van der Waals surface area contributed by atoms with Crippen LogP contribution in [-0.4, -0.2) is 52.3 Å². The number of amides is 1. The van der Waals surface area contributed by atoms with Gasteiger partial charge in [0.2, 0.25) is 0 Å². The summed E-state index contributed by atoms with van der Waals surface area (Å²) in [6, 6.07) is 7.75. The number of aryl methyl sites for hydroxylation is 1. The number of ether oxygens (including phenoxy) is 1. The van der Waals surface area contributed by atoms with E-state index < -0.39 is 12.0 Å². The molecule has 4 N–H and O–H groups in total. The average molecular weight is 447 g/mol. The second-order valence-electron chi connectivity index (χ2n) is 8.26. The van der Waals surface area contributed by atoms with Crippen LogP contribution in [0.5, 0.6) is 0 Å². The van der Waals surface area contributed by atoms with Crippen LogP contribution in [0.4, 0.5) is 17.2 Å². The summed E-state index contributed by atoms with van der Waals surface area (Å²) >= 11 is 0. The van der Waals surface area contributed by atoms with E-state index in [0.29, 0.717) is 24.6 Å². The van der Waals surface area contributed by atoms with Crippen molar-refractivity contribution in [1.82, 2.24) is 15.0 Å². The molecule has 0 saturated carbocycles. The number of aromatic nitrogens is 3. The van der Waals surface area contributed by atoms with Gasteiger partial charge in [0.1, 0.15) is 0 Å². The minimum atomic E-state index is -0.484. The average Bonchev–Trinajstić information content (AvgIpc) is 2.85. The number of fused-ring (bicyclic) bond motifs is 1. The van der Waals surface area contributed by atoms with Gasteiger partial charge in [-0.05, 0) is 42.5 Å². The van der Waals surface area contributed by atoms with Crippen molar-refractivity contribution in [2.24, 2.45) is 0 Å². The number of nitrogens with one attached hydrogen (secondary N) is 1. The van der Waals surface area contributed by atoms with Crippen LogP contribution in [0.1, 0.15) is 40.6 Å². The molecule has 170 valence electrons. The molecular weight excluding hydrogens is 420 g/mol. The summed E-state index contributed by atoms with van der Waals surface area (Å²) in [5.41, 5.74) is 10.9. The van der Waals surface area contributed by atoms with Crippen LogP contribution in [0.25, 0.3) is 11.3 Å². The Labute approximate surface area is 191 Å². The zero-order chi connectivity index (χ0) is 22.8. The molecule has 0 radical (unpaired) electrons. The fourth-order valence-corrected chi connectivity index (χ4v) is 4.38. The predicted molar refractivity (Wildman–Crippen MR) is 125 cm³/mol. The first-order valence-corrected chi connectivity index (χ1v) is 11.1. The van der Waals surface area contributed by atoms with Gasteiger partial charge in [-0.2, -0.15) is 0 Å². The van der Waals surface area contributed by atoms with Gasteiger partial charge >= 0.3 is 0 Å². The Kier molecular flexibility index (Phi) is 5.89. The number of morpholine rings is 1. The van der Waals surface area contributed by atoms with Gasteiger partial charge in [0, 0.05) is 24.8 Å². The molecule has 2 aromatic heterocycles. The van der Waals surface area contributed by atoms with Crippen LogP contribution in [-0.2, 0) is 11.2 Å². The number of aliphatic hydroxyl groups is 1. The number of pyridine rings is 1. The van der Waals surface area contributed by atoms with Gasteiger partial charge < -0.3 is 25.8 Å². The Hall–Kier alpha value is -3.56. The van der Waals surface area contributed by atoms with Gasteiger partial charge in [0.05, 0.1) is 48.8 Å². The number of rotatable bonds is 4. The Morgan fingerprint density at radius 2 is 2.06 bits per heavy atom. The molecule has 1 aliphatic heterocycles. The van der Waals surface area contributed by atoms with E-state index >= 15 is 0 Å². The molecule has 1 saturated heterocycles. The van der Waals surface area contributed by atoms with Crippen molar-refractivity contribution in [3.05, 3.63) is 59.7 Å². The highest BCUT2D eigenvalue weighted by atomic mass is 16.5. The van der Waals surface area contributed by atoms with E-state index in [0.717, 1.165) is 54.7 Å². The first kappa shape index (κ1) is 21.3. The minimum Gasteiger partial charge on any atom is -0.388 e. The smallest absolute Gasteiger partial charge is 0.278 e. The highest BCUT2D eigenvalue weighted by molar-refractivity contribution is 6.07. The highest BCUT2D eigenvalue weighted by Gasteiger charge is 2.21. The molecule has 3 heterocycles. The highest BCUT2D eigenvalue weighted by Crippen LogP contribution is 2.33. The van der Waals surface area contributed by atoms with Crippen molar-refractivity contribution in [2.45, 2.75) is 25.4 Å². The van der Waals surface area contributed by atoms with Gasteiger partial charge in [-0.1, -0.05) is 12.1 Å². The lowest BCUT2D eigenvalue weighted by molar-refractivity contribution is 0.102. The summed E-state index contributed by atoms with van der Waals surface area (Å²) < 4.78 is 5.43. The molecule has 33 heavy (non-hydrogen) atoms. The monoisotopic (exact) mass is 446 g/mol. The molecule has 0 bridgehead atoms. The van der Waals surface area contributed by atoms with E-state index in [9.17, 15) is 9.90 Å². The number of nitrogens with zero attached hydrogens (tertiary/aromatic N) is 4. The van der Waals surface area contributed by atoms with Crippen LogP contribution >= 0.6 is 0 Å². The third-order valence-corrected chi connectivity index (χ3v) is 6.14. The van der Waals surface area contributed by atoms with Crippen molar-refractivity contribution in [2.75, 3.05) is 42.3 Å². The molecule has 1 amide bonds. The standard InChI is InChI=1S/C24H26N6O3/c25-23-22(24(32)29-19-13-26-7-6-20(19)30-8-10-33-11-9-30)28-18(14-27-23)16-5-4-15-2-1-3-21(31)17(15)12-16/h4-7,12-14,21,31H,1-3,8-11H2,(H2,25,27)(H,29,32). The number of nitrogens with two attached hydrogens (primary N) is 1. The van der Waals surface area contributed by atoms with Crippen molar-refractivity contribution in [3.63, 3.8) is 0 Å². The zero-order valence-electron chi connectivity index (χ0n) is 18.2. The number of hydrogen-bond donors (Lipinski definition) is 3. The van der Waals surface area contributed by atoms with Gasteiger partial charge in [-0.3, -0.25) is 9.78 Å². The van der Waals surface area contributed by atoms with Crippen molar-refractivity contribution in [1.29, 1.82) is 0 Å². The molecule has 1 aliphatic carbocycles. The van der Waals surface area contributed by atoms with Gasteiger partial charge in [-0.15, -0.1) is 0 Å². The van der Waals surface area contributed by atoms with Crippen LogP contribution in [0.15, 0.2) is 42.9 Å². The van der Waals surface area contributed by atoms with Crippen LogP contribution in [0.2, 0.25) is 0 Å². The second kappa shape index (κ2) is 9.13. The summed E-state index contributed by atoms with van der Waals surface area (Å²) in [5.74, 6) is -0.409. The first-order valence-electron chi connectivity index (χ1n) is 11.1. The summed E-state index contributed by atoms with van der Waals surface area (Å²) in [6.07, 6.45) is 7.04. The lowest BCUT2D eigenvalue weighted by atomic mass is 9.88. The SMILES string of the molecule is Nc1ncc(-c2ccc3c(c2)C(O)CCC3)nc1C(=O)Nc1cnccc1N1CCOCC1. The van der Waals surface area contributed by atoms with Crippen molar-refractivity contribution in [3.8, 4) is 11.3 Å². The molecule has 9 heteroatoms. The number of benzene rings is 1. The maximum atomic E-state index is 13.1. The van der Waals surface area contributed by atoms with E-state index in [1.165, 1.54) is 0 Å². The van der Waals surface area contributed by atoms with E-state index in [-0.39, 0.29) is 11.5 Å². The third kappa shape index (κ3) is 4.37. The maximum Gasteiger partial charge on any atom is 0.278 e. The Morgan fingerprint density at radius 1 is 1.21 bits per heavy atom. The van der Waals surface area contributed by atoms with E-state index in [1.54, 1.807) is 18.6 Å². The topological polar surface area (TPSA) is 126 Å². The second-order valence-corrected chi connectivity index (χ2v) is 8.26. The minimum absolute atomic E-state index is 0.0440. The van der Waals surface area contributed by atoms with Gasteiger partial charge in [0.25, 0.3) is 5.91 Å². The molecule has 0 spiro atoms. The number of aliphatic hydroxyl groups excluding tert-OH is 1. The molecule has 1 atom stereocenters. The fraction of sp³-hybridized carbons (Fsp3) is 0.333. The molecule has 1 unspecified atom stereocenters. The summed E-state index contributed by atoms with van der Waals surface area (Å²) in [7, 11) is 0. The maximum absolute atomic E-state index is 13.1. The Morgan fingerprint density at radius 3 is 2.91 bits per heavy atom.